The van der Waals surface area contributed by atoms with Crippen LogP contribution in [0.2, 0.25) is 0 Å². The normalized spacial score (nSPS) is 20.1. The van der Waals surface area contributed by atoms with Gasteiger partial charge in [-0.05, 0) is 32.0 Å². The molecule has 4 nitrogen and oxygen atoms in total. The summed E-state index contributed by atoms with van der Waals surface area (Å²) in [6.07, 6.45) is 4.28. The molecule has 0 spiro atoms. The number of aromatic nitrogens is 1. The Morgan fingerprint density at radius 2 is 2.50 bits per heavy atom. The van der Waals surface area contributed by atoms with E-state index in [4.69, 9.17) is 4.74 Å². The molecule has 16 heavy (non-hydrogen) atoms. The fraction of sp³-hybridized carbons (Fsp3) is 0.583. The van der Waals surface area contributed by atoms with E-state index in [0.717, 1.165) is 24.7 Å². The van der Waals surface area contributed by atoms with Gasteiger partial charge in [0.1, 0.15) is 0 Å². The summed E-state index contributed by atoms with van der Waals surface area (Å²) in [7, 11) is 3.69. The maximum Gasteiger partial charge on any atom is 0.171 e. The average Bonchev–Trinajstić information content (AvgIpc) is 2.77. The molecular weight excluding hydrogens is 202 g/mol. The second-order valence-electron chi connectivity index (χ2n) is 4.08. The fourth-order valence-electron chi connectivity index (χ4n) is 2.32. The van der Waals surface area contributed by atoms with E-state index in [1.165, 1.54) is 12.8 Å². The van der Waals surface area contributed by atoms with Gasteiger partial charge in [-0.25, -0.2) is 4.98 Å². The van der Waals surface area contributed by atoms with Crippen molar-refractivity contribution in [2.75, 3.05) is 32.1 Å². The summed E-state index contributed by atoms with van der Waals surface area (Å²) in [4.78, 5) is 6.78. The zero-order valence-electron chi connectivity index (χ0n) is 9.94. The van der Waals surface area contributed by atoms with E-state index >= 15 is 0 Å². The summed E-state index contributed by atoms with van der Waals surface area (Å²) in [5.41, 5.74) is 0. The molecule has 1 atom stereocenters. The number of methoxy groups -OCH3 is 1. The molecule has 1 aliphatic rings. The highest BCUT2D eigenvalue weighted by Gasteiger charge is 2.26. The van der Waals surface area contributed by atoms with E-state index in [2.05, 4.69) is 15.2 Å². The first-order valence-electron chi connectivity index (χ1n) is 5.77. The highest BCUT2D eigenvalue weighted by Crippen LogP contribution is 2.30. The third-order valence-corrected chi connectivity index (χ3v) is 3.06. The van der Waals surface area contributed by atoms with Gasteiger partial charge >= 0.3 is 0 Å². The van der Waals surface area contributed by atoms with Crippen molar-refractivity contribution in [2.24, 2.45) is 0 Å². The minimum absolute atomic E-state index is 0.536. The third-order valence-electron chi connectivity index (χ3n) is 3.06. The number of rotatable bonds is 4. The third kappa shape index (κ3) is 2.11. The molecule has 2 rings (SSSR count). The monoisotopic (exact) mass is 221 g/mol. The first-order valence-corrected chi connectivity index (χ1v) is 5.77. The van der Waals surface area contributed by atoms with Crippen molar-refractivity contribution in [3.05, 3.63) is 18.3 Å². The van der Waals surface area contributed by atoms with E-state index < -0.39 is 0 Å². The van der Waals surface area contributed by atoms with E-state index in [0.29, 0.717) is 6.04 Å². The first-order chi connectivity index (χ1) is 7.86. The van der Waals surface area contributed by atoms with Crippen LogP contribution in [0, 0.1) is 0 Å². The van der Waals surface area contributed by atoms with Crippen LogP contribution in [0.25, 0.3) is 0 Å². The second-order valence-corrected chi connectivity index (χ2v) is 4.08. The summed E-state index contributed by atoms with van der Waals surface area (Å²) in [5, 5.41) is 3.24. The Morgan fingerprint density at radius 1 is 1.62 bits per heavy atom. The number of nitrogens with one attached hydrogen (secondary N) is 1. The topological polar surface area (TPSA) is 37.4 Å². The maximum atomic E-state index is 5.36. The molecule has 0 saturated carbocycles. The molecule has 1 saturated heterocycles. The molecule has 1 aromatic heterocycles. The molecule has 0 bridgehead atoms. The molecule has 2 heterocycles. The van der Waals surface area contributed by atoms with Crippen LogP contribution in [-0.2, 0) is 0 Å². The number of nitrogens with zero attached hydrogens (tertiary/aromatic N) is 2. The number of ether oxygens (including phenoxy) is 1. The van der Waals surface area contributed by atoms with Crippen LogP contribution in [-0.4, -0.2) is 38.3 Å². The van der Waals surface area contributed by atoms with Crippen LogP contribution < -0.4 is 15.0 Å². The number of hydrogen-bond donors (Lipinski definition) is 1. The second kappa shape index (κ2) is 5.16. The van der Waals surface area contributed by atoms with Gasteiger partial charge in [0.25, 0.3) is 0 Å². The zero-order chi connectivity index (χ0) is 11.4. The van der Waals surface area contributed by atoms with Gasteiger partial charge < -0.3 is 15.0 Å². The lowest BCUT2D eigenvalue weighted by atomic mass is 10.2. The largest absolute Gasteiger partial charge is 0.493 e. The lowest BCUT2D eigenvalue weighted by Gasteiger charge is -2.26. The lowest BCUT2D eigenvalue weighted by molar-refractivity contribution is 0.411. The van der Waals surface area contributed by atoms with E-state index in [1.54, 1.807) is 7.11 Å². The van der Waals surface area contributed by atoms with Gasteiger partial charge in [0.15, 0.2) is 11.6 Å². The molecule has 1 aliphatic heterocycles. The SMILES string of the molecule is CNCC1CCCN1c1ncccc1OC. The minimum atomic E-state index is 0.536. The van der Waals surface area contributed by atoms with Gasteiger partial charge in [0.05, 0.1) is 7.11 Å². The zero-order valence-corrected chi connectivity index (χ0v) is 9.94. The van der Waals surface area contributed by atoms with Crippen LogP contribution in [0.5, 0.6) is 5.75 Å². The summed E-state index contributed by atoms with van der Waals surface area (Å²) in [6.45, 7) is 2.07. The Labute approximate surface area is 96.6 Å². The van der Waals surface area contributed by atoms with Crippen LogP contribution in [0.3, 0.4) is 0 Å². The molecule has 0 amide bonds. The van der Waals surface area contributed by atoms with Gasteiger partial charge in [-0.3, -0.25) is 0 Å². The summed E-state index contributed by atoms with van der Waals surface area (Å²) in [5.74, 6) is 1.84. The molecule has 1 aromatic rings. The van der Waals surface area contributed by atoms with E-state index in [1.807, 2.05) is 25.4 Å². The van der Waals surface area contributed by atoms with Crippen LogP contribution in [0.15, 0.2) is 18.3 Å². The maximum absolute atomic E-state index is 5.36. The Morgan fingerprint density at radius 3 is 3.25 bits per heavy atom. The van der Waals surface area contributed by atoms with Gasteiger partial charge in [-0.2, -0.15) is 0 Å². The molecule has 0 aromatic carbocycles. The van der Waals surface area contributed by atoms with Gasteiger partial charge in [-0.1, -0.05) is 0 Å². The minimum Gasteiger partial charge on any atom is -0.493 e. The quantitative estimate of drug-likeness (QED) is 0.831. The summed E-state index contributed by atoms with van der Waals surface area (Å²) in [6, 6.07) is 4.41. The van der Waals surface area contributed by atoms with Crippen molar-refractivity contribution in [1.82, 2.24) is 10.3 Å². The number of anilines is 1. The predicted octanol–water partition coefficient (Wildman–Crippen LogP) is 1.28. The number of pyridine rings is 1. The Bertz CT molecular complexity index is 343. The molecule has 88 valence electrons. The van der Waals surface area contributed by atoms with Crippen molar-refractivity contribution in [3.8, 4) is 5.75 Å². The predicted molar refractivity (Wildman–Crippen MR) is 65.1 cm³/mol. The molecule has 1 unspecified atom stereocenters. The average molecular weight is 221 g/mol. The fourth-order valence-corrected chi connectivity index (χ4v) is 2.32. The van der Waals surface area contributed by atoms with Crippen LogP contribution in [0.4, 0.5) is 5.82 Å². The molecule has 0 aliphatic carbocycles. The Hall–Kier alpha value is -1.29. The van der Waals surface area contributed by atoms with Crippen molar-refractivity contribution in [3.63, 3.8) is 0 Å². The van der Waals surface area contributed by atoms with E-state index in [-0.39, 0.29) is 0 Å². The molecule has 0 radical (unpaired) electrons. The highest BCUT2D eigenvalue weighted by molar-refractivity contribution is 5.53. The van der Waals surface area contributed by atoms with Gasteiger partial charge in [0.2, 0.25) is 0 Å². The molecule has 1 N–H and O–H groups in total. The summed E-state index contributed by atoms with van der Waals surface area (Å²) >= 11 is 0. The molecule has 4 heteroatoms. The van der Waals surface area contributed by atoms with Gasteiger partial charge in [0, 0.05) is 25.3 Å². The summed E-state index contributed by atoms with van der Waals surface area (Å²) < 4.78 is 5.36. The van der Waals surface area contributed by atoms with Crippen molar-refractivity contribution >= 4 is 5.82 Å². The number of hydrogen-bond acceptors (Lipinski definition) is 4. The van der Waals surface area contributed by atoms with Crippen molar-refractivity contribution in [1.29, 1.82) is 0 Å². The highest BCUT2D eigenvalue weighted by atomic mass is 16.5. The van der Waals surface area contributed by atoms with Crippen molar-refractivity contribution < 1.29 is 4.74 Å². The van der Waals surface area contributed by atoms with Crippen LogP contribution in [0.1, 0.15) is 12.8 Å². The van der Waals surface area contributed by atoms with E-state index in [9.17, 15) is 0 Å². The number of likely N-dealkylation sites (N-methyl/N-ethyl adjacent to an activating group) is 1. The Kier molecular flexibility index (Phi) is 3.62. The van der Waals surface area contributed by atoms with Crippen LogP contribution >= 0.6 is 0 Å². The van der Waals surface area contributed by atoms with Gasteiger partial charge in [-0.15, -0.1) is 0 Å². The molecule has 1 fully saturated rings. The lowest BCUT2D eigenvalue weighted by Crippen LogP contribution is -2.37. The van der Waals surface area contributed by atoms with Crippen molar-refractivity contribution in [2.45, 2.75) is 18.9 Å². The first kappa shape index (κ1) is 11.2. The Balaban J connectivity index is 2.21. The molecular formula is C12H19N3O. The smallest absolute Gasteiger partial charge is 0.171 e. The standard InChI is InChI=1S/C12H19N3O/c1-13-9-10-5-4-8-15(10)12-11(16-2)6-3-7-14-12/h3,6-7,10,13H,4-5,8-9H2,1-2H3.